The van der Waals surface area contributed by atoms with Crippen LogP contribution in [-0.4, -0.2) is 4.98 Å². The second-order valence-corrected chi connectivity index (χ2v) is 6.00. The van der Waals surface area contributed by atoms with Crippen molar-refractivity contribution in [3.63, 3.8) is 0 Å². The molecule has 0 aliphatic heterocycles. The van der Waals surface area contributed by atoms with E-state index in [9.17, 15) is 0 Å². The summed E-state index contributed by atoms with van der Waals surface area (Å²) in [6.07, 6.45) is 3.99. The third kappa shape index (κ3) is 3.03. The summed E-state index contributed by atoms with van der Waals surface area (Å²) in [5.74, 6) is 0. The molecule has 0 saturated carbocycles. The normalized spacial score (nSPS) is 17.0. The number of nitrogens with zero attached hydrogens (tertiary/aromatic N) is 1. The van der Waals surface area contributed by atoms with Crippen molar-refractivity contribution in [3.05, 3.63) is 45.4 Å². The molecule has 6 heteroatoms. The first-order valence-electron chi connectivity index (χ1n) is 5.95. The molecule has 0 bridgehead atoms. The Morgan fingerprint density at radius 3 is 3.05 bits per heavy atom. The van der Waals surface area contributed by atoms with Crippen LogP contribution in [-0.2, 0) is 13.0 Å². The summed E-state index contributed by atoms with van der Waals surface area (Å²) in [5, 5.41) is 5.07. The number of benzene rings is 1. The van der Waals surface area contributed by atoms with E-state index in [1.165, 1.54) is 27.3 Å². The van der Waals surface area contributed by atoms with Crippen molar-refractivity contribution in [1.82, 2.24) is 10.3 Å². The van der Waals surface area contributed by atoms with Crippen LogP contribution in [0.1, 0.15) is 28.5 Å². The summed E-state index contributed by atoms with van der Waals surface area (Å²) in [6, 6.07) is 6.54. The van der Waals surface area contributed by atoms with Crippen LogP contribution in [0.15, 0.2) is 24.4 Å². The number of thiazole rings is 1. The van der Waals surface area contributed by atoms with Crippen molar-refractivity contribution in [1.29, 1.82) is 0 Å². The summed E-state index contributed by atoms with van der Waals surface area (Å²) in [6.45, 7) is 0.811. The molecule has 1 aliphatic carbocycles. The molecular formula is C13H15Cl2N3S. The lowest BCUT2D eigenvalue weighted by Crippen LogP contribution is -2.17. The second kappa shape index (κ2) is 6.09. The van der Waals surface area contributed by atoms with Crippen molar-refractivity contribution < 1.29 is 0 Å². The Morgan fingerprint density at radius 2 is 2.32 bits per heavy atom. The number of hydrogen-bond donors (Lipinski definition) is 2. The van der Waals surface area contributed by atoms with E-state index >= 15 is 0 Å². The minimum absolute atomic E-state index is 0. The van der Waals surface area contributed by atoms with Crippen molar-refractivity contribution >= 4 is 40.5 Å². The number of anilines is 1. The largest absolute Gasteiger partial charge is 0.375 e. The zero-order valence-electron chi connectivity index (χ0n) is 10.2. The first-order chi connectivity index (χ1) is 8.74. The van der Waals surface area contributed by atoms with Crippen LogP contribution in [0, 0.1) is 0 Å². The number of aromatic nitrogens is 1. The molecule has 2 aromatic rings. The standard InChI is InChI=1S/C13H14ClN3S.ClH/c14-11-3-1-2-10-9(11)4-5-12(10)16-6-8-7-17-13(15)18-8;/h1-3,7,12,16H,4-6H2,(H2,15,17);1H. The van der Waals surface area contributed by atoms with E-state index in [0.717, 1.165) is 24.4 Å². The average Bonchev–Trinajstić information content (AvgIpc) is 2.94. The molecule has 3 nitrogen and oxygen atoms in total. The lowest BCUT2D eigenvalue weighted by molar-refractivity contribution is 0.533. The molecule has 3 rings (SSSR count). The summed E-state index contributed by atoms with van der Waals surface area (Å²) < 4.78 is 0. The summed E-state index contributed by atoms with van der Waals surface area (Å²) in [7, 11) is 0. The van der Waals surface area contributed by atoms with Crippen LogP contribution < -0.4 is 11.1 Å². The number of nitrogens with two attached hydrogens (primary N) is 1. The highest BCUT2D eigenvalue weighted by atomic mass is 35.5. The fraction of sp³-hybridized carbons (Fsp3) is 0.308. The van der Waals surface area contributed by atoms with Gasteiger partial charge in [0.1, 0.15) is 0 Å². The van der Waals surface area contributed by atoms with Gasteiger partial charge in [-0.1, -0.05) is 23.7 Å². The summed E-state index contributed by atoms with van der Waals surface area (Å²) >= 11 is 7.74. The Bertz CT molecular complexity index is 571. The van der Waals surface area contributed by atoms with E-state index in [2.05, 4.69) is 16.4 Å². The average molecular weight is 316 g/mol. The van der Waals surface area contributed by atoms with Crippen LogP contribution in [0.25, 0.3) is 0 Å². The fourth-order valence-electron chi connectivity index (χ4n) is 2.45. The van der Waals surface area contributed by atoms with Gasteiger partial charge in [0.05, 0.1) is 0 Å². The highest BCUT2D eigenvalue weighted by Gasteiger charge is 2.23. The maximum Gasteiger partial charge on any atom is 0.180 e. The zero-order chi connectivity index (χ0) is 12.5. The third-order valence-electron chi connectivity index (χ3n) is 3.31. The van der Waals surface area contributed by atoms with Gasteiger partial charge in [0.25, 0.3) is 0 Å². The topological polar surface area (TPSA) is 50.9 Å². The molecule has 3 N–H and O–H groups in total. The van der Waals surface area contributed by atoms with Crippen molar-refractivity contribution in [2.75, 3.05) is 5.73 Å². The molecule has 1 aliphatic rings. The van der Waals surface area contributed by atoms with Crippen LogP contribution in [0.5, 0.6) is 0 Å². The monoisotopic (exact) mass is 315 g/mol. The fourth-order valence-corrected chi connectivity index (χ4v) is 3.36. The quantitative estimate of drug-likeness (QED) is 0.910. The Balaban J connectivity index is 0.00000133. The molecule has 0 spiro atoms. The minimum Gasteiger partial charge on any atom is -0.375 e. The van der Waals surface area contributed by atoms with Crippen LogP contribution in [0.2, 0.25) is 5.02 Å². The van der Waals surface area contributed by atoms with E-state index in [0.29, 0.717) is 11.2 Å². The molecule has 1 unspecified atom stereocenters. The second-order valence-electron chi connectivity index (χ2n) is 4.44. The summed E-state index contributed by atoms with van der Waals surface area (Å²) in [4.78, 5) is 5.22. The van der Waals surface area contributed by atoms with Crippen LogP contribution in [0.4, 0.5) is 5.13 Å². The first kappa shape index (κ1) is 14.6. The maximum atomic E-state index is 6.20. The number of nitrogen functional groups attached to an aromatic ring is 1. The minimum atomic E-state index is 0. The van der Waals surface area contributed by atoms with E-state index < -0.39 is 0 Å². The number of fused-ring (bicyclic) bond motifs is 1. The number of nitrogens with one attached hydrogen (secondary N) is 1. The van der Waals surface area contributed by atoms with Crippen molar-refractivity contribution in [2.24, 2.45) is 0 Å². The van der Waals surface area contributed by atoms with Gasteiger partial charge in [0.15, 0.2) is 5.13 Å². The zero-order valence-corrected chi connectivity index (χ0v) is 12.6. The predicted octanol–water partition coefficient (Wildman–Crippen LogP) is 3.58. The number of halogens is 2. The van der Waals surface area contributed by atoms with E-state index in [1.54, 1.807) is 0 Å². The van der Waals surface area contributed by atoms with E-state index in [1.807, 2.05) is 18.3 Å². The lowest BCUT2D eigenvalue weighted by Gasteiger charge is -2.13. The summed E-state index contributed by atoms with van der Waals surface area (Å²) in [5.41, 5.74) is 8.25. The van der Waals surface area contributed by atoms with Gasteiger partial charge >= 0.3 is 0 Å². The molecule has 0 fully saturated rings. The SMILES string of the molecule is Cl.Nc1ncc(CNC2CCc3c(Cl)cccc32)s1. The highest BCUT2D eigenvalue weighted by molar-refractivity contribution is 7.15. The van der Waals surface area contributed by atoms with Gasteiger partial charge in [0.2, 0.25) is 0 Å². The van der Waals surface area contributed by atoms with Gasteiger partial charge in [-0.3, -0.25) is 0 Å². The van der Waals surface area contributed by atoms with Gasteiger partial charge < -0.3 is 11.1 Å². The molecule has 102 valence electrons. The Labute approximate surface area is 127 Å². The predicted molar refractivity (Wildman–Crippen MR) is 83.1 cm³/mol. The molecule has 1 atom stereocenters. The molecule has 1 heterocycles. The van der Waals surface area contributed by atoms with Gasteiger partial charge in [-0.05, 0) is 30.0 Å². The Morgan fingerprint density at radius 1 is 1.47 bits per heavy atom. The van der Waals surface area contributed by atoms with Gasteiger partial charge in [-0.2, -0.15) is 0 Å². The van der Waals surface area contributed by atoms with Gasteiger partial charge in [0, 0.05) is 28.7 Å². The smallest absolute Gasteiger partial charge is 0.180 e. The van der Waals surface area contributed by atoms with Crippen LogP contribution in [0.3, 0.4) is 0 Å². The molecule has 0 radical (unpaired) electrons. The number of hydrogen-bond acceptors (Lipinski definition) is 4. The molecule has 1 aromatic carbocycles. The third-order valence-corrected chi connectivity index (χ3v) is 4.49. The number of rotatable bonds is 3. The molecular weight excluding hydrogens is 301 g/mol. The Kier molecular flexibility index (Phi) is 4.68. The molecule has 19 heavy (non-hydrogen) atoms. The molecule has 0 saturated heterocycles. The Hall–Kier alpha value is -0.810. The highest BCUT2D eigenvalue weighted by Crippen LogP contribution is 2.35. The van der Waals surface area contributed by atoms with Gasteiger partial charge in [-0.25, -0.2) is 4.98 Å². The van der Waals surface area contributed by atoms with E-state index in [-0.39, 0.29) is 12.4 Å². The lowest BCUT2D eigenvalue weighted by atomic mass is 10.1. The van der Waals surface area contributed by atoms with Gasteiger partial charge in [-0.15, -0.1) is 23.7 Å². The molecule has 1 aromatic heterocycles. The van der Waals surface area contributed by atoms with Crippen molar-refractivity contribution in [2.45, 2.75) is 25.4 Å². The maximum absolute atomic E-state index is 6.20. The van der Waals surface area contributed by atoms with Crippen LogP contribution >= 0.6 is 35.3 Å². The van der Waals surface area contributed by atoms with E-state index in [4.69, 9.17) is 17.3 Å². The van der Waals surface area contributed by atoms with Crippen molar-refractivity contribution in [3.8, 4) is 0 Å². The molecule has 0 amide bonds. The first-order valence-corrected chi connectivity index (χ1v) is 7.14.